The van der Waals surface area contributed by atoms with Crippen LogP contribution in [0.5, 0.6) is 0 Å². The van der Waals surface area contributed by atoms with Gasteiger partial charge in [0.1, 0.15) is 0 Å². The largest absolute Gasteiger partial charge is 0.293 e. The van der Waals surface area contributed by atoms with Gasteiger partial charge >= 0.3 is 0 Å². The summed E-state index contributed by atoms with van der Waals surface area (Å²) in [5, 5.41) is 0. The molecule has 0 radical (unpaired) electrons. The fourth-order valence-electron chi connectivity index (χ4n) is 2.33. The highest BCUT2D eigenvalue weighted by Gasteiger charge is 2.16. The number of hydrogen-bond donors (Lipinski definition) is 0. The Bertz CT molecular complexity index is 384. The van der Waals surface area contributed by atoms with Gasteiger partial charge in [-0.25, -0.2) is 0 Å². The summed E-state index contributed by atoms with van der Waals surface area (Å²) in [5.74, 6) is 0.700. The van der Waals surface area contributed by atoms with Crippen molar-refractivity contribution in [3.8, 4) is 0 Å². The van der Waals surface area contributed by atoms with Crippen molar-refractivity contribution in [3.63, 3.8) is 0 Å². The van der Waals surface area contributed by atoms with Gasteiger partial charge in [0.05, 0.1) is 0 Å². The van der Waals surface area contributed by atoms with Crippen LogP contribution in [0.1, 0.15) is 49.7 Å². The fourth-order valence-corrected chi connectivity index (χ4v) is 2.71. The first kappa shape index (κ1) is 11.8. The molecule has 1 aliphatic rings. The number of rotatable bonds is 3. The quantitative estimate of drug-likeness (QED) is 0.770. The maximum atomic E-state index is 4.47. The number of unbranched alkanes of at least 4 members (excludes halogenated alkanes) is 1. The minimum absolute atomic E-state index is 0.700. The van der Waals surface area contributed by atoms with Crippen LogP contribution in [0.3, 0.4) is 0 Å². The molecule has 0 saturated carbocycles. The van der Waals surface area contributed by atoms with Crippen LogP contribution in [0, 0.1) is 0 Å². The van der Waals surface area contributed by atoms with E-state index in [-0.39, 0.29) is 0 Å². The van der Waals surface area contributed by atoms with Gasteiger partial charge in [0.25, 0.3) is 0 Å². The molecule has 0 aromatic heterocycles. The van der Waals surface area contributed by atoms with Crippen LogP contribution < -0.4 is 0 Å². The third kappa shape index (κ3) is 2.73. The fraction of sp³-hybridized carbons (Fsp3) is 0.500. The minimum Gasteiger partial charge on any atom is -0.293 e. The molecule has 1 unspecified atom stereocenters. The molecular weight excluding hydrogens is 262 g/mol. The van der Waals surface area contributed by atoms with Gasteiger partial charge in [-0.2, -0.15) is 0 Å². The van der Waals surface area contributed by atoms with E-state index in [1.807, 2.05) is 6.21 Å². The number of halogens is 1. The number of hydrogen-bond acceptors (Lipinski definition) is 1. The average Bonchev–Trinajstić information content (AvgIpc) is 2.48. The molecule has 0 amide bonds. The van der Waals surface area contributed by atoms with E-state index in [0.29, 0.717) is 5.92 Å². The lowest BCUT2D eigenvalue weighted by atomic mass is 9.88. The van der Waals surface area contributed by atoms with Crippen LogP contribution >= 0.6 is 15.9 Å². The lowest BCUT2D eigenvalue weighted by molar-refractivity contribution is 0.557. The molecule has 0 bridgehead atoms. The van der Waals surface area contributed by atoms with Gasteiger partial charge in [0.15, 0.2) is 0 Å². The number of aliphatic imine (C=N–C) groups is 1. The summed E-state index contributed by atoms with van der Waals surface area (Å²) in [7, 11) is 0. The summed E-state index contributed by atoms with van der Waals surface area (Å²) < 4.78 is 1.15. The number of nitrogens with zero attached hydrogens (tertiary/aromatic N) is 1. The Balaban J connectivity index is 2.26. The highest BCUT2D eigenvalue weighted by Crippen LogP contribution is 2.31. The van der Waals surface area contributed by atoms with Crippen LogP contribution in [0.4, 0.5) is 0 Å². The zero-order valence-electron chi connectivity index (χ0n) is 9.75. The molecule has 1 aromatic carbocycles. The van der Waals surface area contributed by atoms with Gasteiger partial charge in [0.2, 0.25) is 0 Å². The molecule has 0 fully saturated rings. The first-order chi connectivity index (χ1) is 7.81. The Hall–Kier alpha value is -0.630. The van der Waals surface area contributed by atoms with Crippen LogP contribution in [0.15, 0.2) is 27.7 Å². The Morgan fingerprint density at radius 1 is 1.44 bits per heavy atom. The molecule has 2 heteroatoms. The van der Waals surface area contributed by atoms with Crippen molar-refractivity contribution in [1.82, 2.24) is 0 Å². The second-order valence-corrected chi connectivity index (χ2v) is 5.35. The van der Waals surface area contributed by atoms with Gasteiger partial charge < -0.3 is 0 Å². The molecule has 1 aliphatic heterocycles. The smallest absolute Gasteiger partial charge is 0.0395 e. The highest BCUT2D eigenvalue weighted by molar-refractivity contribution is 9.10. The van der Waals surface area contributed by atoms with Crippen molar-refractivity contribution in [2.45, 2.75) is 38.5 Å². The molecule has 16 heavy (non-hydrogen) atoms. The third-order valence-electron chi connectivity index (χ3n) is 3.23. The summed E-state index contributed by atoms with van der Waals surface area (Å²) in [4.78, 5) is 4.47. The van der Waals surface area contributed by atoms with E-state index in [9.17, 15) is 0 Å². The second kappa shape index (κ2) is 5.62. The van der Waals surface area contributed by atoms with E-state index in [0.717, 1.165) is 11.0 Å². The second-order valence-electron chi connectivity index (χ2n) is 4.44. The van der Waals surface area contributed by atoms with Gasteiger partial charge in [0, 0.05) is 17.2 Å². The first-order valence-electron chi connectivity index (χ1n) is 6.10. The zero-order valence-corrected chi connectivity index (χ0v) is 11.3. The third-order valence-corrected chi connectivity index (χ3v) is 3.73. The number of benzene rings is 1. The monoisotopic (exact) mass is 279 g/mol. The Labute approximate surface area is 106 Å². The molecular formula is C14H18BrN. The zero-order chi connectivity index (χ0) is 11.4. The van der Waals surface area contributed by atoms with E-state index < -0.39 is 0 Å². The lowest BCUT2D eigenvalue weighted by Gasteiger charge is -2.16. The van der Waals surface area contributed by atoms with Gasteiger partial charge in [-0.15, -0.1) is 0 Å². The van der Waals surface area contributed by atoms with Crippen molar-refractivity contribution in [1.29, 1.82) is 0 Å². The van der Waals surface area contributed by atoms with Crippen LogP contribution in [0.25, 0.3) is 0 Å². The molecule has 1 nitrogen and oxygen atoms in total. The van der Waals surface area contributed by atoms with E-state index >= 15 is 0 Å². The number of fused-ring (bicyclic) bond motifs is 1. The van der Waals surface area contributed by atoms with Crippen LogP contribution in [-0.2, 0) is 0 Å². The molecule has 0 spiro atoms. The topological polar surface area (TPSA) is 12.4 Å². The molecule has 86 valence electrons. The molecule has 0 saturated heterocycles. The molecule has 1 aromatic rings. The first-order valence-corrected chi connectivity index (χ1v) is 6.90. The normalized spacial score (nSPS) is 19.2. The summed E-state index contributed by atoms with van der Waals surface area (Å²) in [6, 6.07) is 6.59. The van der Waals surface area contributed by atoms with Crippen molar-refractivity contribution in [2.75, 3.05) is 6.54 Å². The minimum atomic E-state index is 0.700. The standard InChI is InChI=1S/C14H18BrN/c1-2-3-4-11-7-8-16-10-12-9-13(15)5-6-14(11)12/h5-6,9-11H,2-4,7-8H2,1H3. The molecule has 2 rings (SSSR count). The predicted octanol–water partition coefficient (Wildman–Crippen LogP) is 4.55. The summed E-state index contributed by atoms with van der Waals surface area (Å²) in [5.41, 5.74) is 2.78. The Morgan fingerprint density at radius 3 is 3.12 bits per heavy atom. The lowest BCUT2D eigenvalue weighted by Crippen LogP contribution is -2.02. The van der Waals surface area contributed by atoms with E-state index in [4.69, 9.17) is 0 Å². The average molecular weight is 280 g/mol. The predicted molar refractivity (Wildman–Crippen MR) is 73.5 cm³/mol. The van der Waals surface area contributed by atoms with E-state index in [1.165, 1.54) is 36.8 Å². The van der Waals surface area contributed by atoms with Gasteiger partial charge in [-0.1, -0.05) is 41.8 Å². The SMILES string of the molecule is CCCCC1CCN=Cc2cc(Br)ccc21. The van der Waals surface area contributed by atoms with Crippen molar-refractivity contribution < 1.29 is 0 Å². The van der Waals surface area contributed by atoms with Gasteiger partial charge in [-0.3, -0.25) is 4.99 Å². The molecule has 1 atom stereocenters. The van der Waals surface area contributed by atoms with Crippen molar-refractivity contribution >= 4 is 22.1 Å². The van der Waals surface area contributed by atoms with Crippen LogP contribution in [0.2, 0.25) is 0 Å². The highest BCUT2D eigenvalue weighted by atomic mass is 79.9. The molecule has 0 N–H and O–H groups in total. The summed E-state index contributed by atoms with van der Waals surface area (Å²) in [6.07, 6.45) is 7.13. The van der Waals surface area contributed by atoms with Crippen LogP contribution in [-0.4, -0.2) is 12.8 Å². The Kier molecular flexibility index (Phi) is 4.16. The van der Waals surface area contributed by atoms with E-state index in [1.54, 1.807) is 0 Å². The summed E-state index contributed by atoms with van der Waals surface area (Å²) in [6.45, 7) is 3.23. The van der Waals surface area contributed by atoms with E-state index in [2.05, 4.69) is 46.0 Å². The maximum Gasteiger partial charge on any atom is 0.0395 e. The molecule has 1 heterocycles. The molecule has 0 aliphatic carbocycles. The van der Waals surface area contributed by atoms with Crippen molar-refractivity contribution in [3.05, 3.63) is 33.8 Å². The maximum absolute atomic E-state index is 4.47. The van der Waals surface area contributed by atoms with Crippen molar-refractivity contribution in [2.24, 2.45) is 4.99 Å². The van der Waals surface area contributed by atoms with Gasteiger partial charge in [-0.05, 0) is 42.0 Å². The Morgan fingerprint density at radius 2 is 2.31 bits per heavy atom. The summed E-state index contributed by atoms with van der Waals surface area (Å²) >= 11 is 3.53.